The van der Waals surface area contributed by atoms with Gasteiger partial charge in [-0.3, -0.25) is 9.59 Å². The monoisotopic (exact) mass is 405 g/mol. The van der Waals surface area contributed by atoms with Crippen molar-refractivity contribution in [1.82, 2.24) is 0 Å². The first-order chi connectivity index (χ1) is 14.4. The van der Waals surface area contributed by atoms with Crippen LogP contribution < -0.4 is 4.90 Å². The summed E-state index contributed by atoms with van der Waals surface area (Å²) in [6, 6.07) is 20.3. The molecule has 1 atom stereocenters. The summed E-state index contributed by atoms with van der Waals surface area (Å²) in [5.41, 5.74) is 1.12. The Balaban J connectivity index is 1.79. The van der Waals surface area contributed by atoms with Crippen molar-refractivity contribution >= 4 is 23.3 Å². The molecule has 0 aliphatic carbocycles. The van der Waals surface area contributed by atoms with E-state index < -0.39 is 23.7 Å². The fourth-order valence-corrected chi connectivity index (χ4v) is 2.92. The number of para-hydroxylation sites is 1. The number of amides is 1. The molecule has 0 fully saturated rings. The van der Waals surface area contributed by atoms with Gasteiger partial charge in [-0.25, -0.2) is 9.18 Å². The number of benzene rings is 3. The highest BCUT2D eigenvalue weighted by molar-refractivity contribution is 6.12. The smallest absolute Gasteiger partial charge is 0.339 e. The average Bonchev–Trinajstić information content (AvgIpc) is 2.78. The van der Waals surface area contributed by atoms with Crippen LogP contribution in [0.3, 0.4) is 0 Å². The lowest BCUT2D eigenvalue weighted by molar-refractivity contribution is 0.0317. The molecular weight excluding hydrogens is 385 g/mol. The lowest BCUT2D eigenvalue weighted by Crippen LogP contribution is -2.29. The van der Waals surface area contributed by atoms with Gasteiger partial charge in [-0.2, -0.15) is 0 Å². The number of Topliss-reactive ketones (excluding diaryl/α,β-unsaturated/α-hetero) is 1. The van der Waals surface area contributed by atoms with Crippen LogP contribution in [0.15, 0.2) is 78.9 Å². The Morgan fingerprint density at radius 3 is 2.03 bits per heavy atom. The van der Waals surface area contributed by atoms with Gasteiger partial charge in [-0.1, -0.05) is 30.3 Å². The van der Waals surface area contributed by atoms with Gasteiger partial charge in [0.2, 0.25) is 5.78 Å². The molecule has 3 rings (SSSR count). The molecule has 5 nitrogen and oxygen atoms in total. The van der Waals surface area contributed by atoms with Crippen molar-refractivity contribution in [2.75, 3.05) is 11.9 Å². The van der Waals surface area contributed by atoms with Crippen LogP contribution in [0.1, 0.15) is 38.0 Å². The zero-order valence-electron chi connectivity index (χ0n) is 16.5. The molecule has 0 heterocycles. The third-order valence-electron chi connectivity index (χ3n) is 4.61. The first-order valence-electron chi connectivity index (χ1n) is 9.31. The van der Waals surface area contributed by atoms with Crippen LogP contribution in [0, 0.1) is 5.82 Å². The number of carbonyl (C=O) groups is 3. The van der Waals surface area contributed by atoms with Crippen molar-refractivity contribution < 1.29 is 23.5 Å². The van der Waals surface area contributed by atoms with E-state index in [0.29, 0.717) is 5.69 Å². The van der Waals surface area contributed by atoms with Crippen molar-refractivity contribution in [1.29, 1.82) is 0 Å². The molecule has 0 aliphatic rings. The van der Waals surface area contributed by atoms with Gasteiger partial charge >= 0.3 is 5.97 Å². The zero-order chi connectivity index (χ0) is 21.7. The Morgan fingerprint density at radius 1 is 0.833 bits per heavy atom. The lowest BCUT2D eigenvalue weighted by atomic mass is 10.1. The van der Waals surface area contributed by atoms with Crippen LogP contribution >= 0.6 is 0 Å². The normalized spacial score (nSPS) is 11.4. The van der Waals surface area contributed by atoms with Gasteiger partial charge in [-0.15, -0.1) is 0 Å². The van der Waals surface area contributed by atoms with Crippen molar-refractivity contribution in [2.45, 2.75) is 13.0 Å². The quantitative estimate of drug-likeness (QED) is 0.446. The fourth-order valence-electron chi connectivity index (χ4n) is 2.92. The molecule has 0 aromatic heterocycles. The second kappa shape index (κ2) is 9.13. The van der Waals surface area contributed by atoms with Crippen LogP contribution in [0.2, 0.25) is 0 Å². The highest BCUT2D eigenvalue weighted by Gasteiger charge is 2.25. The van der Waals surface area contributed by atoms with Crippen molar-refractivity contribution in [3.05, 3.63) is 101 Å². The molecule has 0 unspecified atom stereocenters. The number of hydrogen-bond acceptors (Lipinski definition) is 4. The second-order valence-corrected chi connectivity index (χ2v) is 6.66. The number of rotatable bonds is 6. The summed E-state index contributed by atoms with van der Waals surface area (Å²) in [5, 5.41) is 0. The van der Waals surface area contributed by atoms with Gasteiger partial charge in [0.05, 0.1) is 11.1 Å². The SMILES string of the molecule is C[C@H](OC(=O)c1ccccc1C(=O)N(C)c1ccccc1)C(=O)c1ccc(F)cc1. The molecule has 0 saturated heterocycles. The van der Waals surface area contributed by atoms with Crippen LogP contribution in [0.4, 0.5) is 10.1 Å². The van der Waals surface area contributed by atoms with E-state index in [0.717, 1.165) is 12.1 Å². The van der Waals surface area contributed by atoms with Gasteiger partial charge in [0.15, 0.2) is 6.10 Å². The molecular formula is C24H20FNO4. The molecule has 30 heavy (non-hydrogen) atoms. The number of esters is 1. The van der Waals surface area contributed by atoms with Crippen molar-refractivity contribution in [3.8, 4) is 0 Å². The van der Waals surface area contributed by atoms with Crippen LogP contribution in [-0.2, 0) is 4.74 Å². The van der Waals surface area contributed by atoms with Gasteiger partial charge in [0.25, 0.3) is 5.91 Å². The Hall–Kier alpha value is -3.80. The molecule has 0 spiro atoms. The molecule has 3 aromatic carbocycles. The number of ether oxygens (including phenoxy) is 1. The molecule has 0 N–H and O–H groups in total. The summed E-state index contributed by atoms with van der Waals surface area (Å²) >= 11 is 0. The van der Waals surface area contributed by atoms with E-state index in [2.05, 4.69) is 0 Å². The molecule has 0 bridgehead atoms. The third kappa shape index (κ3) is 4.60. The summed E-state index contributed by atoms with van der Waals surface area (Å²) in [6.45, 7) is 1.43. The topological polar surface area (TPSA) is 63.7 Å². The third-order valence-corrected chi connectivity index (χ3v) is 4.61. The van der Waals surface area contributed by atoms with E-state index >= 15 is 0 Å². The minimum atomic E-state index is -1.10. The predicted octanol–water partition coefficient (Wildman–Crippen LogP) is 4.53. The van der Waals surface area contributed by atoms with E-state index in [1.807, 2.05) is 18.2 Å². The molecule has 6 heteroatoms. The maximum Gasteiger partial charge on any atom is 0.339 e. The summed E-state index contributed by atoms with van der Waals surface area (Å²) in [6.07, 6.45) is -1.10. The molecule has 3 aromatic rings. The lowest BCUT2D eigenvalue weighted by Gasteiger charge is -2.19. The summed E-state index contributed by atoms with van der Waals surface area (Å²) in [7, 11) is 1.61. The number of anilines is 1. The summed E-state index contributed by atoms with van der Waals surface area (Å²) in [4.78, 5) is 39.6. The van der Waals surface area contributed by atoms with Crippen molar-refractivity contribution in [3.63, 3.8) is 0 Å². The van der Waals surface area contributed by atoms with Gasteiger partial charge in [0, 0.05) is 18.3 Å². The Morgan fingerprint density at radius 2 is 1.40 bits per heavy atom. The number of nitrogens with zero attached hydrogens (tertiary/aromatic N) is 1. The van der Waals surface area contributed by atoms with E-state index in [9.17, 15) is 18.8 Å². The highest BCUT2D eigenvalue weighted by atomic mass is 19.1. The van der Waals surface area contributed by atoms with Crippen LogP contribution in [0.5, 0.6) is 0 Å². The second-order valence-electron chi connectivity index (χ2n) is 6.66. The standard InChI is InChI=1S/C24H20FNO4/c1-16(22(27)17-12-14-18(25)15-13-17)30-24(29)21-11-7-6-10-20(21)23(28)26(2)19-8-4-3-5-9-19/h3-16H,1-2H3/t16-/m0/s1. The fraction of sp³-hybridized carbons (Fsp3) is 0.125. The van der Waals surface area contributed by atoms with E-state index in [-0.39, 0.29) is 22.6 Å². The molecule has 0 radical (unpaired) electrons. The first kappa shape index (κ1) is 20.9. The largest absolute Gasteiger partial charge is 0.451 e. The number of halogens is 1. The summed E-state index contributed by atoms with van der Waals surface area (Å²) in [5.74, 6) is -2.10. The van der Waals surface area contributed by atoms with Gasteiger partial charge in [-0.05, 0) is 55.5 Å². The maximum absolute atomic E-state index is 13.1. The Bertz CT molecular complexity index is 1060. The van der Waals surface area contributed by atoms with Crippen molar-refractivity contribution in [2.24, 2.45) is 0 Å². The molecule has 152 valence electrons. The number of hydrogen-bond donors (Lipinski definition) is 0. The van der Waals surface area contributed by atoms with Gasteiger partial charge < -0.3 is 9.64 Å². The number of carbonyl (C=O) groups excluding carboxylic acids is 3. The van der Waals surface area contributed by atoms with Gasteiger partial charge in [0.1, 0.15) is 5.82 Å². The highest BCUT2D eigenvalue weighted by Crippen LogP contribution is 2.19. The molecule has 1 amide bonds. The van der Waals surface area contributed by atoms with E-state index in [4.69, 9.17) is 4.74 Å². The number of ketones is 1. The summed E-state index contributed by atoms with van der Waals surface area (Å²) < 4.78 is 18.4. The van der Waals surface area contributed by atoms with E-state index in [1.54, 1.807) is 31.3 Å². The minimum Gasteiger partial charge on any atom is -0.451 e. The first-order valence-corrected chi connectivity index (χ1v) is 9.31. The van der Waals surface area contributed by atoms with Crippen LogP contribution in [0.25, 0.3) is 0 Å². The average molecular weight is 405 g/mol. The molecule has 0 aliphatic heterocycles. The Kier molecular flexibility index (Phi) is 6.37. The zero-order valence-corrected chi connectivity index (χ0v) is 16.5. The predicted molar refractivity (Wildman–Crippen MR) is 111 cm³/mol. The maximum atomic E-state index is 13.1. The van der Waals surface area contributed by atoms with Crippen LogP contribution in [-0.4, -0.2) is 30.8 Å². The molecule has 0 saturated carbocycles. The minimum absolute atomic E-state index is 0.0593. The van der Waals surface area contributed by atoms with E-state index in [1.165, 1.54) is 36.1 Å². The Labute approximate surface area is 173 Å².